The van der Waals surface area contributed by atoms with Crippen molar-refractivity contribution in [1.29, 1.82) is 0 Å². The summed E-state index contributed by atoms with van der Waals surface area (Å²) in [6.07, 6.45) is 1.79. The average molecular weight is 266 g/mol. The number of carbonyl (C=O) groups is 1. The second-order valence-corrected chi connectivity index (χ2v) is 5.57. The van der Waals surface area contributed by atoms with E-state index in [1.807, 2.05) is 36.9 Å². The molecule has 0 radical (unpaired) electrons. The highest BCUT2D eigenvalue weighted by molar-refractivity contribution is 8.00. The van der Waals surface area contributed by atoms with Crippen molar-refractivity contribution >= 4 is 18.0 Å². The number of carbonyl (C=O) groups excluding carboxylic acids is 1. The number of rotatable bonds is 6. The minimum atomic E-state index is 0.213. The predicted molar refractivity (Wildman–Crippen MR) is 73.8 cm³/mol. The van der Waals surface area contributed by atoms with Gasteiger partial charge in [-0.2, -0.15) is 11.8 Å². The van der Waals surface area contributed by atoms with E-state index in [1.54, 1.807) is 7.11 Å². The smallest absolute Gasteiger partial charge is 0.161 e. The summed E-state index contributed by atoms with van der Waals surface area (Å²) in [7, 11) is 1.64. The first kappa shape index (κ1) is 13.3. The maximum atomic E-state index is 10.5. The summed E-state index contributed by atoms with van der Waals surface area (Å²) < 4.78 is 11.2. The first-order chi connectivity index (χ1) is 8.74. The van der Waals surface area contributed by atoms with E-state index in [9.17, 15) is 4.79 Å². The highest BCUT2D eigenvalue weighted by Gasteiger charge is 2.21. The number of hydrogen-bond acceptors (Lipinski definition) is 4. The zero-order chi connectivity index (χ0) is 13.0. The summed E-state index contributed by atoms with van der Waals surface area (Å²) in [6.45, 7) is 2.03. The van der Waals surface area contributed by atoms with Crippen LogP contribution < -0.4 is 9.47 Å². The topological polar surface area (TPSA) is 35.5 Å². The Balaban J connectivity index is 2.13. The standard InChI is InChI=1S/C14H18O3S/c1-10(5-6-15)11-3-4-13(14(7-11)16-2)17-12-8-18-9-12/h3-4,6-7,10,12H,5,8-9H2,1-2H3. The molecule has 18 heavy (non-hydrogen) atoms. The van der Waals surface area contributed by atoms with Crippen molar-refractivity contribution in [2.24, 2.45) is 0 Å². The van der Waals surface area contributed by atoms with E-state index in [4.69, 9.17) is 9.47 Å². The molecule has 0 saturated carbocycles. The van der Waals surface area contributed by atoms with Crippen molar-refractivity contribution < 1.29 is 14.3 Å². The normalized spacial score (nSPS) is 16.8. The highest BCUT2D eigenvalue weighted by atomic mass is 32.2. The number of hydrogen-bond donors (Lipinski definition) is 0. The Labute approximate surface area is 112 Å². The van der Waals surface area contributed by atoms with Crippen LogP contribution in [0.5, 0.6) is 11.5 Å². The Bertz CT molecular complexity index is 416. The Hall–Kier alpha value is -1.16. The zero-order valence-corrected chi connectivity index (χ0v) is 11.5. The molecule has 1 aromatic carbocycles. The van der Waals surface area contributed by atoms with Crippen LogP contribution in [0.3, 0.4) is 0 Å². The van der Waals surface area contributed by atoms with E-state index < -0.39 is 0 Å². The summed E-state index contributed by atoms with van der Waals surface area (Å²) in [5.74, 6) is 3.86. The molecule has 4 heteroatoms. The molecule has 0 bridgehead atoms. The van der Waals surface area contributed by atoms with Gasteiger partial charge >= 0.3 is 0 Å². The lowest BCUT2D eigenvalue weighted by Crippen LogP contribution is -2.31. The van der Waals surface area contributed by atoms with Gasteiger partial charge in [-0.25, -0.2) is 0 Å². The first-order valence-corrected chi connectivity index (χ1v) is 7.26. The van der Waals surface area contributed by atoms with Crippen LogP contribution in [0.25, 0.3) is 0 Å². The van der Waals surface area contributed by atoms with Gasteiger partial charge in [0.1, 0.15) is 12.4 Å². The van der Waals surface area contributed by atoms with Gasteiger partial charge in [0.2, 0.25) is 0 Å². The van der Waals surface area contributed by atoms with Crippen LogP contribution in [-0.2, 0) is 4.79 Å². The van der Waals surface area contributed by atoms with Crippen molar-refractivity contribution in [2.45, 2.75) is 25.4 Å². The van der Waals surface area contributed by atoms with Crippen molar-refractivity contribution in [3.63, 3.8) is 0 Å². The summed E-state index contributed by atoms with van der Waals surface area (Å²) in [5, 5.41) is 0. The van der Waals surface area contributed by atoms with Crippen LogP contribution in [0.15, 0.2) is 18.2 Å². The number of methoxy groups -OCH3 is 1. The second-order valence-electron chi connectivity index (χ2n) is 4.49. The molecule has 3 nitrogen and oxygen atoms in total. The van der Waals surface area contributed by atoms with Crippen molar-refractivity contribution in [3.8, 4) is 11.5 Å². The van der Waals surface area contributed by atoms with Crippen LogP contribution in [0.2, 0.25) is 0 Å². The van der Waals surface area contributed by atoms with E-state index in [1.165, 1.54) is 0 Å². The summed E-state index contributed by atoms with van der Waals surface area (Å²) in [5.41, 5.74) is 1.11. The maximum absolute atomic E-state index is 10.5. The van der Waals surface area contributed by atoms with Crippen molar-refractivity contribution in [1.82, 2.24) is 0 Å². The van der Waals surface area contributed by atoms with E-state index >= 15 is 0 Å². The minimum absolute atomic E-state index is 0.213. The molecule has 2 rings (SSSR count). The Kier molecular flexibility index (Phi) is 4.53. The third kappa shape index (κ3) is 2.99. The zero-order valence-electron chi connectivity index (χ0n) is 10.7. The van der Waals surface area contributed by atoms with Crippen LogP contribution in [0.1, 0.15) is 24.8 Å². The van der Waals surface area contributed by atoms with E-state index in [0.29, 0.717) is 12.5 Å². The minimum Gasteiger partial charge on any atom is -0.493 e. The van der Waals surface area contributed by atoms with E-state index in [0.717, 1.165) is 34.9 Å². The molecule has 1 atom stereocenters. The van der Waals surface area contributed by atoms with Gasteiger partial charge in [-0.15, -0.1) is 0 Å². The monoisotopic (exact) mass is 266 g/mol. The maximum Gasteiger partial charge on any atom is 0.161 e. The molecule has 1 aliphatic heterocycles. The lowest BCUT2D eigenvalue weighted by Gasteiger charge is -2.27. The molecule has 1 heterocycles. The largest absolute Gasteiger partial charge is 0.493 e. The predicted octanol–water partition coefficient (Wildman–Crippen LogP) is 2.88. The first-order valence-electron chi connectivity index (χ1n) is 6.10. The third-order valence-corrected chi connectivity index (χ3v) is 4.32. The number of benzene rings is 1. The average Bonchev–Trinajstić information content (AvgIpc) is 2.34. The number of ether oxygens (including phenoxy) is 2. The van der Waals surface area contributed by atoms with E-state index in [2.05, 4.69) is 0 Å². The van der Waals surface area contributed by atoms with Gasteiger partial charge in [-0.05, 0) is 23.6 Å². The lowest BCUT2D eigenvalue weighted by molar-refractivity contribution is -0.108. The SMILES string of the molecule is COc1cc(C(C)CC=O)ccc1OC1CSC1. The Morgan fingerprint density at radius 1 is 1.44 bits per heavy atom. The molecule has 1 saturated heterocycles. The van der Waals surface area contributed by atoms with Crippen molar-refractivity contribution in [3.05, 3.63) is 23.8 Å². The fourth-order valence-corrected chi connectivity index (χ4v) is 2.39. The van der Waals surface area contributed by atoms with Gasteiger partial charge in [0.25, 0.3) is 0 Å². The fourth-order valence-electron chi connectivity index (χ4n) is 1.83. The molecular weight excluding hydrogens is 248 g/mol. The number of aldehydes is 1. The molecule has 1 unspecified atom stereocenters. The molecule has 1 fully saturated rings. The van der Waals surface area contributed by atoms with Gasteiger partial charge in [-0.3, -0.25) is 0 Å². The molecule has 0 N–H and O–H groups in total. The molecular formula is C14H18O3S. The second kappa shape index (κ2) is 6.14. The van der Waals surface area contributed by atoms with Gasteiger partial charge in [-0.1, -0.05) is 13.0 Å². The fraction of sp³-hybridized carbons (Fsp3) is 0.500. The molecule has 98 valence electrons. The molecule has 1 aromatic rings. The van der Waals surface area contributed by atoms with Gasteiger partial charge in [0.15, 0.2) is 11.5 Å². The molecule has 0 amide bonds. The van der Waals surface area contributed by atoms with Crippen LogP contribution in [0, 0.1) is 0 Å². The van der Waals surface area contributed by atoms with Crippen molar-refractivity contribution in [2.75, 3.05) is 18.6 Å². The Morgan fingerprint density at radius 3 is 2.78 bits per heavy atom. The van der Waals surface area contributed by atoms with E-state index in [-0.39, 0.29) is 5.92 Å². The number of thioether (sulfide) groups is 1. The Morgan fingerprint density at radius 2 is 2.22 bits per heavy atom. The summed E-state index contributed by atoms with van der Waals surface area (Å²) >= 11 is 1.89. The summed E-state index contributed by atoms with van der Waals surface area (Å²) in [4.78, 5) is 10.5. The lowest BCUT2D eigenvalue weighted by atomic mass is 9.98. The molecule has 1 aliphatic rings. The summed E-state index contributed by atoms with van der Waals surface area (Å²) in [6, 6.07) is 5.92. The molecule has 0 aromatic heterocycles. The van der Waals surface area contributed by atoms with Crippen LogP contribution in [0.4, 0.5) is 0 Å². The van der Waals surface area contributed by atoms with Gasteiger partial charge in [0.05, 0.1) is 7.11 Å². The van der Waals surface area contributed by atoms with Crippen LogP contribution >= 0.6 is 11.8 Å². The highest BCUT2D eigenvalue weighted by Crippen LogP contribution is 2.34. The third-order valence-electron chi connectivity index (χ3n) is 3.11. The molecule has 0 spiro atoms. The molecule has 0 aliphatic carbocycles. The quantitative estimate of drug-likeness (QED) is 0.742. The van der Waals surface area contributed by atoms with Gasteiger partial charge < -0.3 is 14.3 Å². The van der Waals surface area contributed by atoms with Crippen LogP contribution in [-0.4, -0.2) is 31.0 Å². The van der Waals surface area contributed by atoms with Gasteiger partial charge in [0, 0.05) is 17.9 Å².